The van der Waals surface area contributed by atoms with Crippen LogP contribution in [0, 0.1) is 0 Å². The number of thioether (sulfide) groups is 1. The molecule has 1 amide bonds. The maximum absolute atomic E-state index is 12.7. The van der Waals surface area contributed by atoms with Gasteiger partial charge in [-0.15, -0.1) is 23.1 Å². The topological polar surface area (TPSA) is 66.1 Å². The third-order valence-corrected chi connectivity index (χ3v) is 7.52. The zero-order valence-electron chi connectivity index (χ0n) is 16.6. The Bertz CT molecular complexity index is 1200. The first-order valence-electron chi connectivity index (χ1n) is 9.46. The van der Waals surface area contributed by atoms with Gasteiger partial charge in [0.2, 0.25) is 5.91 Å². The highest BCUT2D eigenvalue weighted by molar-refractivity contribution is 7.99. The van der Waals surface area contributed by atoms with E-state index >= 15 is 0 Å². The smallest absolute Gasteiger partial charge is 0.260 e. The molecule has 154 valence electrons. The molecule has 8 heteroatoms. The van der Waals surface area contributed by atoms with Crippen molar-refractivity contribution in [1.82, 2.24) is 14.9 Å². The molecule has 1 atom stereocenters. The van der Waals surface area contributed by atoms with Gasteiger partial charge in [0.1, 0.15) is 10.7 Å². The Kier molecular flexibility index (Phi) is 6.36. The first-order chi connectivity index (χ1) is 14.5. The molecule has 1 aromatic carbocycles. The van der Waals surface area contributed by atoms with Crippen molar-refractivity contribution in [2.75, 3.05) is 7.05 Å². The highest BCUT2D eigenvalue weighted by Crippen LogP contribution is 2.31. The molecule has 0 spiro atoms. The number of aromatic amines is 1. The van der Waals surface area contributed by atoms with Crippen molar-refractivity contribution < 1.29 is 4.79 Å². The normalized spacial score (nSPS) is 12.2. The van der Waals surface area contributed by atoms with E-state index in [1.54, 1.807) is 16.2 Å². The van der Waals surface area contributed by atoms with Gasteiger partial charge in [-0.2, -0.15) is 11.3 Å². The molecule has 0 fully saturated rings. The molecule has 3 aromatic heterocycles. The third-order valence-electron chi connectivity index (χ3n) is 4.77. The molecular formula is C22H21N3O2S3. The molecule has 0 saturated carbocycles. The molecule has 3 heterocycles. The minimum absolute atomic E-state index is 0.0668. The maximum Gasteiger partial charge on any atom is 0.260 e. The van der Waals surface area contributed by atoms with Gasteiger partial charge in [0, 0.05) is 24.5 Å². The minimum atomic E-state index is -0.224. The SMILES string of the molecule is C[C@H](SCc1nc2scc(-c3ccccc3)c2c(=O)[nH]1)C(=O)N(C)Cc1ccsc1. The number of nitrogens with zero attached hydrogens (tertiary/aromatic N) is 2. The molecule has 4 aromatic rings. The number of carbonyl (C=O) groups excluding carboxylic acids is 1. The molecule has 1 N–H and O–H groups in total. The summed E-state index contributed by atoms with van der Waals surface area (Å²) in [6.07, 6.45) is 0. The van der Waals surface area contributed by atoms with Crippen molar-refractivity contribution in [3.8, 4) is 11.1 Å². The fourth-order valence-corrected chi connectivity index (χ4v) is 5.71. The van der Waals surface area contributed by atoms with Gasteiger partial charge in [0.15, 0.2) is 0 Å². The first kappa shape index (κ1) is 20.8. The second kappa shape index (κ2) is 9.16. The van der Waals surface area contributed by atoms with Gasteiger partial charge in [-0.1, -0.05) is 30.3 Å². The molecule has 0 radical (unpaired) electrons. The Labute approximate surface area is 186 Å². The molecule has 5 nitrogen and oxygen atoms in total. The number of thiophene rings is 2. The molecule has 0 bridgehead atoms. The first-order valence-corrected chi connectivity index (χ1v) is 12.3. The minimum Gasteiger partial charge on any atom is -0.340 e. The number of hydrogen-bond acceptors (Lipinski definition) is 6. The second-order valence-electron chi connectivity index (χ2n) is 6.99. The fourth-order valence-electron chi connectivity index (χ4n) is 3.21. The van der Waals surface area contributed by atoms with E-state index in [9.17, 15) is 9.59 Å². The molecule has 0 unspecified atom stereocenters. The molecule has 0 aliphatic carbocycles. The summed E-state index contributed by atoms with van der Waals surface area (Å²) in [6.45, 7) is 2.50. The van der Waals surface area contributed by atoms with Gasteiger partial charge in [-0.05, 0) is 34.9 Å². The number of aromatic nitrogens is 2. The van der Waals surface area contributed by atoms with Crippen LogP contribution in [0.4, 0.5) is 0 Å². The van der Waals surface area contributed by atoms with E-state index in [0.29, 0.717) is 23.5 Å². The van der Waals surface area contributed by atoms with Crippen molar-refractivity contribution >= 4 is 50.6 Å². The van der Waals surface area contributed by atoms with Crippen molar-refractivity contribution in [2.24, 2.45) is 0 Å². The molecule has 0 aliphatic heterocycles. The number of H-pyrrole nitrogens is 1. The summed E-state index contributed by atoms with van der Waals surface area (Å²) in [4.78, 5) is 35.4. The Balaban J connectivity index is 1.45. The van der Waals surface area contributed by atoms with Crippen LogP contribution in [0.2, 0.25) is 0 Å². The predicted octanol–water partition coefficient (Wildman–Crippen LogP) is 4.99. The van der Waals surface area contributed by atoms with Crippen molar-refractivity contribution in [2.45, 2.75) is 24.5 Å². The third kappa shape index (κ3) is 4.50. The lowest BCUT2D eigenvalue weighted by atomic mass is 10.1. The van der Waals surface area contributed by atoms with Crippen molar-refractivity contribution in [3.05, 3.63) is 74.3 Å². The lowest BCUT2D eigenvalue weighted by molar-refractivity contribution is -0.129. The van der Waals surface area contributed by atoms with Crippen LogP contribution in [0.25, 0.3) is 21.3 Å². The van der Waals surface area contributed by atoms with Crippen LogP contribution in [-0.4, -0.2) is 33.1 Å². The summed E-state index contributed by atoms with van der Waals surface area (Å²) >= 11 is 4.58. The average molecular weight is 456 g/mol. The van der Waals surface area contributed by atoms with E-state index in [-0.39, 0.29) is 16.7 Å². The molecule has 0 saturated heterocycles. The number of carbonyl (C=O) groups is 1. The van der Waals surface area contributed by atoms with E-state index in [0.717, 1.165) is 21.5 Å². The van der Waals surface area contributed by atoms with E-state index in [2.05, 4.69) is 15.3 Å². The molecule has 0 aliphatic rings. The molecule has 30 heavy (non-hydrogen) atoms. The predicted molar refractivity (Wildman–Crippen MR) is 127 cm³/mol. The van der Waals surface area contributed by atoms with Gasteiger partial charge in [0.25, 0.3) is 5.56 Å². The summed E-state index contributed by atoms with van der Waals surface area (Å²) < 4.78 is 0. The van der Waals surface area contributed by atoms with Crippen molar-refractivity contribution in [1.29, 1.82) is 0 Å². The number of benzene rings is 1. The highest BCUT2D eigenvalue weighted by Gasteiger charge is 2.19. The Morgan fingerprint density at radius 3 is 2.77 bits per heavy atom. The van der Waals surface area contributed by atoms with Crippen LogP contribution >= 0.6 is 34.4 Å². The monoisotopic (exact) mass is 455 g/mol. The quantitative estimate of drug-likeness (QED) is 0.426. The van der Waals surface area contributed by atoms with Crippen LogP contribution in [-0.2, 0) is 17.1 Å². The largest absolute Gasteiger partial charge is 0.340 e. The summed E-state index contributed by atoms with van der Waals surface area (Å²) in [5.74, 6) is 1.14. The number of hydrogen-bond donors (Lipinski definition) is 1. The average Bonchev–Trinajstić information content (AvgIpc) is 3.42. The van der Waals surface area contributed by atoms with Crippen LogP contribution in [0.15, 0.2) is 57.3 Å². The summed E-state index contributed by atoms with van der Waals surface area (Å²) in [5, 5.41) is 6.44. The van der Waals surface area contributed by atoms with Gasteiger partial charge >= 0.3 is 0 Å². The van der Waals surface area contributed by atoms with E-state index in [4.69, 9.17) is 0 Å². The maximum atomic E-state index is 12.7. The second-order valence-corrected chi connectivity index (χ2v) is 9.95. The Morgan fingerprint density at radius 1 is 1.23 bits per heavy atom. The fraction of sp³-hybridized carbons (Fsp3) is 0.227. The van der Waals surface area contributed by atoms with Crippen LogP contribution in [0.1, 0.15) is 18.3 Å². The van der Waals surface area contributed by atoms with Gasteiger partial charge in [-0.25, -0.2) is 4.98 Å². The van der Waals surface area contributed by atoms with Gasteiger partial charge in [0.05, 0.1) is 16.4 Å². The van der Waals surface area contributed by atoms with Crippen LogP contribution < -0.4 is 5.56 Å². The van der Waals surface area contributed by atoms with Crippen LogP contribution in [0.3, 0.4) is 0 Å². The zero-order valence-corrected chi connectivity index (χ0v) is 19.1. The highest BCUT2D eigenvalue weighted by atomic mass is 32.2. The van der Waals surface area contributed by atoms with Gasteiger partial charge in [-0.3, -0.25) is 9.59 Å². The summed E-state index contributed by atoms with van der Waals surface area (Å²) in [6, 6.07) is 11.9. The van der Waals surface area contributed by atoms with Crippen LogP contribution in [0.5, 0.6) is 0 Å². The zero-order chi connectivity index (χ0) is 21.1. The van der Waals surface area contributed by atoms with Gasteiger partial charge < -0.3 is 9.88 Å². The Hall–Kier alpha value is -2.42. The van der Waals surface area contributed by atoms with Crippen molar-refractivity contribution in [3.63, 3.8) is 0 Å². The number of rotatable bonds is 7. The summed E-state index contributed by atoms with van der Waals surface area (Å²) in [7, 11) is 1.82. The molecule has 4 rings (SSSR count). The number of fused-ring (bicyclic) bond motifs is 1. The Morgan fingerprint density at radius 2 is 2.03 bits per heavy atom. The standard InChI is InChI=1S/C22H21N3O2S3/c1-14(22(27)25(2)10-15-8-9-28-11-15)29-13-18-23-20(26)19-17(12-30-21(19)24-18)16-6-4-3-5-7-16/h3-9,11-12,14H,10,13H2,1-2H3,(H,23,24,26)/t14-/m0/s1. The van der Waals surface area contributed by atoms with E-state index in [1.165, 1.54) is 23.1 Å². The summed E-state index contributed by atoms with van der Waals surface area (Å²) in [5.41, 5.74) is 2.91. The number of amides is 1. The lowest BCUT2D eigenvalue weighted by Crippen LogP contribution is -2.32. The van der Waals surface area contributed by atoms with E-state index < -0.39 is 0 Å². The lowest BCUT2D eigenvalue weighted by Gasteiger charge is -2.20. The number of nitrogens with one attached hydrogen (secondary N) is 1. The van der Waals surface area contributed by atoms with E-state index in [1.807, 2.05) is 61.1 Å². The molecular weight excluding hydrogens is 434 g/mol.